The average Bonchev–Trinajstić information content (AvgIpc) is 2.11. The minimum Gasteiger partial charge on any atom is -0.280 e. The van der Waals surface area contributed by atoms with Crippen molar-refractivity contribution in [1.29, 1.82) is 0 Å². The first-order chi connectivity index (χ1) is 4.93. The molecule has 0 amide bonds. The van der Waals surface area contributed by atoms with Gasteiger partial charge in [0, 0.05) is 0 Å². The molecule has 0 spiro atoms. The van der Waals surface area contributed by atoms with Crippen LogP contribution in [0.15, 0.2) is 5.10 Å². The molecule has 0 aliphatic carbocycles. The number of halogens is 3. The number of carbonyl (C=O) groups excluding carboxylic acids is 1. The Morgan fingerprint density at radius 1 is 1.45 bits per heavy atom. The van der Waals surface area contributed by atoms with Crippen molar-refractivity contribution < 1.29 is 18.0 Å². The third kappa shape index (κ3) is 1.28. The highest BCUT2D eigenvalue weighted by molar-refractivity contribution is 6.68. The summed E-state index contributed by atoms with van der Waals surface area (Å²) in [6, 6.07) is 0. The normalized spacial score (nSPS) is 18.4. The maximum atomic E-state index is 11.8. The van der Waals surface area contributed by atoms with Gasteiger partial charge in [0.05, 0.1) is 5.10 Å². The summed E-state index contributed by atoms with van der Waals surface area (Å²) >= 11 is 0. The van der Waals surface area contributed by atoms with Crippen molar-refractivity contribution in [2.45, 2.75) is 13.1 Å². The number of hydrogen-bond acceptors (Lipinski definition) is 3. The number of Topliss-reactive ketones (excluding diaryl/α,β-unsaturated/α-hetero) is 1. The van der Waals surface area contributed by atoms with Gasteiger partial charge in [0.2, 0.25) is 5.10 Å². The van der Waals surface area contributed by atoms with Crippen molar-refractivity contribution >= 4 is 17.2 Å². The summed E-state index contributed by atoms with van der Waals surface area (Å²) in [4.78, 5) is 10.6. The molecule has 1 aliphatic rings. The zero-order chi connectivity index (χ0) is 8.65. The van der Waals surface area contributed by atoms with Crippen LogP contribution in [0, 0.1) is 0 Å². The van der Waals surface area contributed by atoms with E-state index in [0.29, 0.717) is 0 Å². The van der Waals surface area contributed by atoms with Gasteiger partial charge in [-0.2, -0.15) is 13.2 Å². The molecular weight excluding hydrogens is 161 g/mol. The molecule has 0 N–H and O–H groups in total. The van der Waals surface area contributed by atoms with E-state index >= 15 is 0 Å². The van der Waals surface area contributed by atoms with E-state index in [9.17, 15) is 18.0 Å². The molecular formula is C5H3F3N2O+. The van der Waals surface area contributed by atoms with E-state index in [1.807, 2.05) is 0 Å². The fraction of sp³-hybridized carbons (Fsp3) is 0.400. The van der Waals surface area contributed by atoms with Gasteiger partial charge in [-0.15, -0.1) is 0 Å². The molecule has 0 unspecified atom stereocenters. The summed E-state index contributed by atoms with van der Waals surface area (Å²) in [6.45, 7) is 1.19. The lowest BCUT2D eigenvalue weighted by molar-refractivity contribution is -0.111. The van der Waals surface area contributed by atoms with E-state index in [1.165, 1.54) is 6.92 Å². The zero-order valence-corrected chi connectivity index (χ0v) is 5.44. The van der Waals surface area contributed by atoms with Crippen LogP contribution in [0.3, 0.4) is 0 Å². The third-order valence-electron chi connectivity index (χ3n) is 1.11. The van der Waals surface area contributed by atoms with Crippen LogP contribution in [0.5, 0.6) is 0 Å². The standard InChI is InChI=1S/C5H3F3N2O/c1-2-3(11)4(10-9-2)5(6,7)8/h1H3/q+1. The molecule has 0 aromatic heterocycles. The zero-order valence-electron chi connectivity index (χ0n) is 5.44. The predicted molar refractivity (Wildman–Crippen MR) is 31.3 cm³/mol. The van der Waals surface area contributed by atoms with E-state index in [2.05, 4.69) is 10.2 Å². The first-order valence-corrected chi connectivity index (χ1v) is 2.67. The van der Waals surface area contributed by atoms with Crippen molar-refractivity contribution in [3.05, 3.63) is 0 Å². The minimum absolute atomic E-state index is 0.225. The van der Waals surface area contributed by atoms with Crippen molar-refractivity contribution in [1.82, 2.24) is 5.10 Å². The number of nitrogens with zero attached hydrogens (tertiary/aromatic N) is 2. The lowest BCUT2D eigenvalue weighted by Crippen LogP contribution is -2.33. The molecule has 0 atom stereocenters. The maximum absolute atomic E-state index is 11.8. The first-order valence-electron chi connectivity index (χ1n) is 2.67. The highest BCUT2D eigenvalue weighted by Crippen LogP contribution is 2.18. The van der Waals surface area contributed by atoms with Crippen LogP contribution >= 0.6 is 0 Å². The third-order valence-corrected chi connectivity index (χ3v) is 1.11. The molecule has 1 radical (unpaired) electrons. The second-order valence-electron chi connectivity index (χ2n) is 1.96. The molecule has 11 heavy (non-hydrogen) atoms. The van der Waals surface area contributed by atoms with Crippen LogP contribution < -0.4 is 5.10 Å². The summed E-state index contributed by atoms with van der Waals surface area (Å²) in [6.07, 6.45) is -4.68. The molecule has 6 heteroatoms. The highest BCUT2D eigenvalue weighted by Gasteiger charge is 2.54. The Balaban J connectivity index is 2.92. The molecule has 0 saturated heterocycles. The maximum Gasteiger partial charge on any atom is 0.492 e. The molecule has 3 nitrogen and oxygen atoms in total. The topological polar surface area (TPSA) is 43.5 Å². The van der Waals surface area contributed by atoms with Crippen LogP contribution in [-0.2, 0) is 4.79 Å². The lowest BCUT2D eigenvalue weighted by atomic mass is 10.2. The van der Waals surface area contributed by atoms with Crippen molar-refractivity contribution in [2.24, 2.45) is 5.10 Å². The van der Waals surface area contributed by atoms with E-state index in [0.717, 1.165) is 0 Å². The van der Waals surface area contributed by atoms with Crippen LogP contribution in [-0.4, -0.2) is 23.4 Å². The fourth-order valence-corrected chi connectivity index (χ4v) is 0.573. The smallest absolute Gasteiger partial charge is 0.280 e. The molecule has 1 rings (SSSR count). The van der Waals surface area contributed by atoms with Crippen LogP contribution in [0.1, 0.15) is 6.92 Å². The first kappa shape index (κ1) is 7.90. The summed E-state index contributed by atoms with van der Waals surface area (Å²) in [5, 5.41) is 5.70. The largest absolute Gasteiger partial charge is 0.492 e. The van der Waals surface area contributed by atoms with Gasteiger partial charge in [-0.3, -0.25) is 4.79 Å². The molecule has 0 aromatic carbocycles. The number of hydrogen-bond donors (Lipinski definition) is 0. The highest BCUT2D eigenvalue weighted by atomic mass is 19.4. The number of alkyl halides is 3. The fourth-order valence-electron chi connectivity index (χ4n) is 0.573. The number of carbonyl (C=O) groups is 1. The summed E-state index contributed by atoms with van der Waals surface area (Å²) in [7, 11) is 0. The van der Waals surface area contributed by atoms with Crippen LogP contribution in [0.4, 0.5) is 13.2 Å². The van der Waals surface area contributed by atoms with Gasteiger partial charge in [0.25, 0.3) is 5.78 Å². The Hall–Kier alpha value is -1.20. The Bertz CT molecular complexity index is 263. The number of ketones is 1. The van der Waals surface area contributed by atoms with Crippen LogP contribution in [0.25, 0.3) is 0 Å². The van der Waals surface area contributed by atoms with Crippen LogP contribution in [0.2, 0.25) is 0 Å². The van der Waals surface area contributed by atoms with Crippen molar-refractivity contribution in [2.75, 3.05) is 0 Å². The molecule has 0 saturated carbocycles. The quantitative estimate of drug-likeness (QED) is 0.507. The predicted octanol–water partition coefficient (Wildman–Crippen LogP) is 0.284. The SMILES string of the molecule is CC1=N[N+]=C(C(F)(F)F)C1=O. The molecule has 59 valence electrons. The summed E-state index contributed by atoms with van der Waals surface area (Å²) in [5.74, 6) is -1.14. The Labute approximate surface area is 59.6 Å². The van der Waals surface area contributed by atoms with Crippen molar-refractivity contribution in [3.63, 3.8) is 0 Å². The molecule has 0 bridgehead atoms. The molecule has 0 aromatic rings. The monoisotopic (exact) mass is 164 g/mol. The Kier molecular flexibility index (Phi) is 1.54. The average molecular weight is 164 g/mol. The lowest BCUT2D eigenvalue weighted by Gasteiger charge is -1.93. The molecule has 1 aliphatic heterocycles. The Morgan fingerprint density at radius 3 is 2.18 bits per heavy atom. The van der Waals surface area contributed by atoms with Gasteiger partial charge < -0.3 is 0 Å². The van der Waals surface area contributed by atoms with Gasteiger partial charge in [0.1, 0.15) is 0 Å². The molecule has 0 fully saturated rings. The van der Waals surface area contributed by atoms with E-state index in [-0.39, 0.29) is 5.71 Å². The summed E-state index contributed by atoms with van der Waals surface area (Å²) in [5.41, 5.74) is -1.66. The minimum atomic E-state index is -4.68. The summed E-state index contributed by atoms with van der Waals surface area (Å²) < 4.78 is 35.3. The van der Waals surface area contributed by atoms with Gasteiger partial charge in [-0.1, -0.05) is 0 Å². The van der Waals surface area contributed by atoms with E-state index < -0.39 is 17.7 Å². The number of rotatable bonds is 0. The van der Waals surface area contributed by atoms with Gasteiger partial charge in [-0.05, 0) is 6.92 Å². The van der Waals surface area contributed by atoms with Gasteiger partial charge in [-0.25, -0.2) is 0 Å². The van der Waals surface area contributed by atoms with Gasteiger partial charge >= 0.3 is 11.9 Å². The van der Waals surface area contributed by atoms with Gasteiger partial charge in [0.15, 0.2) is 5.71 Å². The van der Waals surface area contributed by atoms with Crippen molar-refractivity contribution in [3.8, 4) is 0 Å². The second kappa shape index (κ2) is 2.14. The van der Waals surface area contributed by atoms with E-state index in [4.69, 9.17) is 0 Å². The Morgan fingerprint density at radius 2 is 2.00 bits per heavy atom. The van der Waals surface area contributed by atoms with E-state index in [1.54, 1.807) is 0 Å². The molecule has 1 heterocycles. The second-order valence-corrected chi connectivity index (χ2v) is 1.96.